The van der Waals surface area contributed by atoms with Gasteiger partial charge >= 0.3 is 5.97 Å². The number of benzene rings is 2. The summed E-state index contributed by atoms with van der Waals surface area (Å²) in [6.45, 7) is 4.03. The zero-order valence-electron chi connectivity index (χ0n) is 15.7. The normalized spacial score (nSPS) is 13.0. The first kappa shape index (κ1) is 18.9. The van der Waals surface area contributed by atoms with Crippen LogP contribution in [0.15, 0.2) is 53.9 Å². The fourth-order valence-electron chi connectivity index (χ4n) is 2.88. The highest BCUT2D eigenvalue weighted by Gasteiger charge is 2.38. The molecule has 3 aromatic rings. The topological polar surface area (TPSA) is 94.4 Å². The van der Waals surface area contributed by atoms with Gasteiger partial charge in [0.2, 0.25) is 0 Å². The van der Waals surface area contributed by atoms with E-state index in [2.05, 4.69) is 10.2 Å². The van der Waals surface area contributed by atoms with Gasteiger partial charge in [0.05, 0.1) is 11.1 Å². The van der Waals surface area contributed by atoms with E-state index in [-0.39, 0.29) is 16.9 Å². The molecule has 0 N–H and O–H groups in total. The molecule has 9 heteroatoms. The first-order valence-corrected chi connectivity index (χ1v) is 9.73. The van der Waals surface area contributed by atoms with E-state index in [1.807, 2.05) is 32.0 Å². The Kier molecular flexibility index (Phi) is 4.89. The number of aryl methyl sites for hydroxylation is 2. The Morgan fingerprint density at radius 3 is 2.38 bits per heavy atom. The Balaban J connectivity index is 1.43. The predicted octanol–water partition coefficient (Wildman–Crippen LogP) is 2.73. The number of hydrogen-bond donors (Lipinski definition) is 0. The number of aromatic nitrogens is 3. The van der Waals surface area contributed by atoms with Crippen LogP contribution < -0.4 is 0 Å². The first-order valence-electron chi connectivity index (χ1n) is 8.75. The number of carbonyl (C=O) groups is 3. The van der Waals surface area contributed by atoms with Crippen LogP contribution in [0.3, 0.4) is 0 Å². The molecule has 146 valence electrons. The summed E-state index contributed by atoms with van der Waals surface area (Å²) < 4.78 is 1.76. The molecule has 0 atom stereocenters. The summed E-state index contributed by atoms with van der Waals surface area (Å²) in [5, 5.41) is 8.93. The highest BCUT2D eigenvalue weighted by atomic mass is 32.2. The lowest BCUT2D eigenvalue weighted by atomic mass is 10.1. The minimum absolute atomic E-state index is 0.142. The zero-order chi connectivity index (χ0) is 20.5. The van der Waals surface area contributed by atoms with Crippen molar-refractivity contribution in [2.24, 2.45) is 0 Å². The fraction of sp³-hybridized carbons (Fsp3) is 0.150. The van der Waals surface area contributed by atoms with Crippen LogP contribution in [0.2, 0.25) is 0 Å². The maximum atomic E-state index is 12.3. The molecule has 4 rings (SSSR count). The molecule has 0 saturated carbocycles. The maximum Gasteiger partial charge on any atom is 0.343 e. The molecule has 2 aromatic carbocycles. The Hall–Kier alpha value is -3.46. The standard InChI is InChI=1S/C20H16N4O4S/c1-12-7-8-14(9-13(12)2)23-11-21-22-20(23)29-10-17(25)28-24-18(26)15-5-3-4-6-16(15)19(24)27/h3-9,11H,10H2,1-2H3. The molecule has 1 aliphatic heterocycles. The SMILES string of the molecule is Cc1ccc(-n2cnnc2SCC(=O)ON2C(=O)c3ccccc3C2=O)cc1C. The van der Waals surface area contributed by atoms with Crippen molar-refractivity contribution in [2.75, 3.05) is 5.75 Å². The van der Waals surface area contributed by atoms with Crippen LogP contribution in [0, 0.1) is 13.8 Å². The van der Waals surface area contributed by atoms with Gasteiger partial charge in [-0.05, 0) is 49.2 Å². The Morgan fingerprint density at radius 1 is 1.03 bits per heavy atom. The van der Waals surface area contributed by atoms with E-state index in [9.17, 15) is 14.4 Å². The molecule has 0 saturated heterocycles. The summed E-state index contributed by atoms with van der Waals surface area (Å²) in [5.74, 6) is -2.18. The average Bonchev–Trinajstić information content (AvgIpc) is 3.28. The van der Waals surface area contributed by atoms with Crippen LogP contribution in [-0.4, -0.2) is 43.4 Å². The van der Waals surface area contributed by atoms with Crippen LogP contribution in [0.25, 0.3) is 5.69 Å². The number of nitrogens with zero attached hydrogens (tertiary/aromatic N) is 4. The third kappa shape index (κ3) is 3.52. The lowest BCUT2D eigenvalue weighted by Crippen LogP contribution is -2.33. The number of hydrogen-bond acceptors (Lipinski definition) is 7. The molecule has 1 aromatic heterocycles. The van der Waals surface area contributed by atoms with Crippen LogP contribution in [-0.2, 0) is 9.63 Å². The van der Waals surface area contributed by atoms with E-state index in [0.717, 1.165) is 23.0 Å². The number of hydroxylamine groups is 2. The smallest absolute Gasteiger partial charge is 0.329 e. The summed E-state index contributed by atoms with van der Waals surface area (Å²) in [4.78, 5) is 41.8. The summed E-state index contributed by atoms with van der Waals surface area (Å²) in [7, 11) is 0. The van der Waals surface area contributed by atoms with Crippen molar-refractivity contribution in [1.29, 1.82) is 0 Å². The lowest BCUT2D eigenvalue weighted by Gasteiger charge is -2.12. The van der Waals surface area contributed by atoms with E-state index >= 15 is 0 Å². The van der Waals surface area contributed by atoms with E-state index < -0.39 is 17.8 Å². The second-order valence-corrected chi connectivity index (χ2v) is 7.40. The highest BCUT2D eigenvalue weighted by Crippen LogP contribution is 2.24. The number of thioether (sulfide) groups is 1. The van der Waals surface area contributed by atoms with Crippen molar-refractivity contribution in [3.8, 4) is 5.69 Å². The minimum atomic E-state index is -0.737. The fourth-order valence-corrected chi connectivity index (χ4v) is 3.57. The molecule has 0 fully saturated rings. The van der Waals surface area contributed by atoms with Gasteiger partial charge in [0.25, 0.3) is 11.8 Å². The molecule has 8 nitrogen and oxygen atoms in total. The number of carbonyl (C=O) groups excluding carboxylic acids is 3. The molecular weight excluding hydrogens is 392 g/mol. The van der Waals surface area contributed by atoms with Gasteiger partial charge in [0, 0.05) is 5.69 Å². The van der Waals surface area contributed by atoms with Gasteiger partial charge in [0.15, 0.2) is 5.16 Å². The number of rotatable bonds is 5. The quantitative estimate of drug-likeness (QED) is 0.473. The van der Waals surface area contributed by atoms with Gasteiger partial charge in [-0.2, -0.15) is 0 Å². The molecule has 0 radical (unpaired) electrons. The van der Waals surface area contributed by atoms with Crippen molar-refractivity contribution >= 4 is 29.5 Å². The van der Waals surface area contributed by atoms with Crippen molar-refractivity contribution in [3.05, 3.63) is 71.0 Å². The average molecular weight is 408 g/mol. The molecule has 2 amide bonds. The highest BCUT2D eigenvalue weighted by molar-refractivity contribution is 7.99. The third-order valence-electron chi connectivity index (χ3n) is 4.55. The molecule has 0 bridgehead atoms. The Labute approximate surface area is 170 Å². The number of amides is 2. The van der Waals surface area contributed by atoms with Gasteiger partial charge in [-0.3, -0.25) is 14.2 Å². The second-order valence-electron chi connectivity index (χ2n) is 6.45. The summed E-state index contributed by atoms with van der Waals surface area (Å²) in [6.07, 6.45) is 1.56. The molecule has 0 spiro atoms. The molecule has 29 heavy (non-hydrogen) atoms. The van der Waals surface area contributed by atoms with Crippen molar-refractivity contribution < 1.29 is 19.2 Å². The van der Waals surface area contributed by atoms with Gasteiger partial charge in [-0.15, -0.1) is 10.2 Å². The van der Waals surface area contributed by atoms with Gasteiger partial charge in [0.1, 0.15) is 12.1 Å². The number of imide groups is 1. The number of fused-ring (bicyclic) bond motifs is 1. The van der Waals surface area contributed by atoms with Crippen molar-refractivity contribution in [2.45, 2.75) is 19.0 Å². The van der Waals surface area contributed by atoms with Crippen molar-refractivity contribution in [1.82, 2.24) is 19.8 Å². The van der Waals surface area contributed by atoms with Gasteiger partial charge in [-0.1, -0.05) is 35.0 Å². The monoisotopic (exact) mass is 408 g/mol. The van der Waals surface area contributed by atoms with Crippen molar-refractivity contribution in [3.63, 3.8) is 0 Å². The van der Waals surface area contributed by atoms with E-state index in [4.69, 9.17) is 4.84 Å². The third-order valence-corrected chi connectivity index (χ3v) is 5.47. The summed E-state index contributed by atoms with van der Waals surface area (Å²) >= 11 is 1.10. The minimum Gasteiger partial charge on any atom is -0.329 e. The largest absolute Gasteiger partial charge is 0.343 e. The Bertz CT molecular complexity index is 1110. The van der Waals surface area contributed by atoms with Crippen LogP contribution in [0.5, 0.6) is 0 Å². The molecule has 2 heterocycles. The first-order chi connectivity index (χ1) is 14.0. The van der Waals surface area contributed by atoms with E-state index in [1.54, 1.807) is 23.0 Å². The second kappa shape index (κ2) is 7.51. The molecule has 1 aliphatic rings. The maximum absolute atomic E-state index is 12.3. The summed E-state index contributed by atoms with van der Waals surface area (Å²) in [5.41, 5.74) is 3.59. The van der Waals surface area contributed by atoms with Crippen LogP contribution in [0.4, 0.5) is 0 Å². The molecule has 0 aliphatic carbocycles. The lowest BCUT2D eigenvalue weighted by molar-refractivity contribution is -0.165. The summed E-state index contributed by atoms with van der Waals surface area (Å²) in [6, 6.07) is 12.3. The van der Waals surface area contributed by atoms with Gasteiger partial charge < -0.3 is 4.84 Å². The predicted molar refractivity (Wildman–Crippen MR) is 105 cm³/mol. The molecule has 0 unspecified atom stereocenters. The van der Waals surface area contributed by atoms with Crippen LogP contribution >= 0.6 is 11.8 Å². The van der Waals surface area contributed by atoms with Crippen LogP contribution in [0.1, 0.15) is 31.8 Å². The Morgan fingerprint density at radius 2 is 1.72 bits per heavy atom. The van der Waals surface area contributed by atoms with E-state index in [0.29, 0.717) is 10.2 Å². The molecular formula is C20H16N4O4S. The van der Waals surface area contributed by atoms with E-state index in [1.165, 1.54) is 17.7 Å². The van der Waals surface area contributed by atoms with Gasteiger partial charge in [-0.25, -0.2) is 4.79 Å². The zero-order valence-corrected chi connectivity index (χ0v) is 16.5.